The number of nitriles is 1. The smallest absolute Gasteiger partial charge is 0.0998 e. The molecule has 2 aromatic heterocycles. The summed E-state index contributed by atoms with van der Waals surface area (Å²) in [6.07, 6.45) is 0. The summed E-state index contributed by atoms with van der Waals surface area (Å²) in [7, 11) is 0. The largest absolute Gasteiger partial charge is 0.339 e. The monoisotopic (exact) mass is 425 g/mol. The Balaban J connectivity index is 1.63. The zero-order valence-electron chi connectivity index (χ0n) is 18.7. The van der Waals surface area contributed by atoms with E-state index in [1.165, 1.54) is 32.8 Å². The van der Waals surface area contributed by atoms with Gasteiger partial charge in [-0.1, -0.05) is 60.7 Å². The molecule has 0 spiro atoms. The van der Waals surface area contributed by atoms with Gasteiger partial charge in [0, 0.05) is 23.0 Å². The molecule has 0 atom stereocenters. The summed E-state index contributed by atoms with van der Waals surface area (Å²) in [4.78, 5) is 0. The molecule has 4 aromatic carbocycles. The van der Waals surface area contributed by atoms with Crippen LogP contribution in [0.5, 0.6) is 0 Å². The van der Waals surface area contributed by atoms with Crippen molar-refractivity contribution in [3.05, 3.63) is 102 Å². The molecule has 0 saturated heterocycles. The van der Waals surface area contributed by atoms with Gasteiger partial charge < -0.3 is 9.13 Å². The quantitative estimate of drug-likeness (QED) is 0.287. The number of hydrogen-bond donors (Lipinski definition) is 0. The fourth-order valence-electron chi connectivity index (χ4n) is 5.16. The van der Waals surface area contributed by atoms with Gasteiger partial charge in [0.15, 0.2) is 0 Å². The van der Waals surface area contributed by atoms with Gasteiger partial charge >= 0.3 is 0 Å². The molecule has 6 rings (SSSR count). The fraction of sp³-hybridized carbons (Fsp3) is 0.100. The molecule has 0 amide bonds. The van der Waals surface area contributed by atoms with E-state index in [1.54, 1.807) is 0 Å². The van der Waals surface area contributed by atoms with Crippen LogP contribution in [0.4, 0.5) is 0 Å². The van der Waals surface area contributed by atoms with Crippen LogP contribution in [0.25, 0.3) is 49.7 Å². The third kappa shape index (κ3) is 2.81. The molecule has 0 unspecified atom stereocenters. The molecule has 158 valence electrons. The summed E-state index contributed by atoms with van der Waals surface area (Å²) in [6, 6.07) is 34.3. The third-order valence-corrected chi connectivity index (χ3v) is 6.62. The Labute approximate surface area is 192 Å². The van der Waals surface area contributed by atoms with Gasteiger partial charge in [0.1, 0.15) is 0 Å². The maximum absolute atomic E-state index is 9.62. The molecule has 0 aliphatic carbocycles. The molecule has 6 aromatic rings. The maximum Gasteiger partial charge on any atom is 0.0998 e. The number of aryl methyl sites for hydroxylation is 2. The van der Waals surface area contributed by atoms with E-state index in [4.69, 9.17) is 0 Å². The van der Waals surface area contributed by atoms with Crippen LogP contribution in [-0.4, -0.2) is 9.13 Å². The summed E-state index contributed by atoms with van der Waals surface area (Å²) in [5.74, 6) is 0. The summed E-state index contributed by atoms with van der Waals surface area (Å²) >= 11 is 0. The number of nitrogens with zero attached hydrogens (tertiary/aromatic N) is 3. The highest BCUT2D eigenvalue weighted by Crippen LogP contribution is 2.39. The first-order chi connectivity index (χ1) is 16.2. The maximum atomic E-state index is 9.62. The van der Waals surface area contributed by atoms with E-state index in [-0.39, 0.29) is 0 Å². The van der Waals surface area contributed by atoms with Crippen molar-refractivity contribution in [2.24, 2.45) is 0 Å². The lowest BCUT2D eigenvalue weighted by molar-refractivity contribution is 0.829. The third-order valence-electron chi connectivity index (χ3n) is 6.62. The Kier molecular flexibility index (Phi) is 4.35. The summed E-state index contributed by atoms with van der Waals surface area (Å²) in [5.41, 5.74) is 9.95. The zero-order valence-corrected chi connectivity index (χ0v) is 18.7. The van der Waals surface area contributed by atoms with Crippen molar-refractivity contribution in [3.8, 4) is 22.9 Å². The standard InChI is InChI=1S/C30H23N3/c1-3-32-27-10-6-4-8-25(27)30-29(32)26-9-5-7-11-28(26)33(30)23-15-13-21(14-16-23)24-17-12-20(2)18-22(24)19-31/h4-18H,3H2,1-2H3. The van der Waals surface area contributed by atoms with Crippen LogP contribution < -0.4 is 0 Å². The number of rotatable bonds is 3. The van der Waals surface area contributed by atoms with Gasteiger partial charge in [-0.2, -0.15) is 5.26 Å². The average Bonchev–Trinajstić information content (AvgIpc) is 3.36. The van der Waals surface area contributed by atoms with Crippen LogP contribution in [0.2, 0.25) is 0 Å². The van der Waals surface area contributed by atoms with Crippen LogP contribution in [0, 0.1) is 18.3 Å². The first kappa shape index (κ1) is 19.4. The molecule has 3 heteroatoms. The van der Waals surface area contributed by atoms with Gasteiger partial charge in [-0.25, -0.2) is 0 Å². The minimum Gasteiger partial charge on any atom is -0.339 e. The minimum atomic E-state index is 0.711. The second kappa shape index (κ2) is 7.39. The number of aromatic nitrogens is 2. The molecular weight excluding hydrogens is 402 g/mol. The van der Waals surface area contributed by atoms with E-state index in [1.807, 2.05) is 19.1 Å². The first-order valence-electron chi connectivity index (χ1n) is 11.3. The molecule has 0 bridgehead atoms. The van der Waals surface area contributed by atoms with Crippen molar-refractivity contribution in [1.29, 1.82) is 5.26 Å². The van der Waals surface area contributed by atoms with Gasteiger partial charge in [0.05, 0.1) is 33.7 Å². The number of fused-ring (bicyclic) bond motifs is 5. The number of hydrogen-bond acceptors (Lipinski definition) is 1. The Morgan fingerprint density at radius 1 is 0.758 bits per heavy atom. The molecule has 0 saturated carbocycles. The van der Waals surface area contributed by atoms with E-state index < -0.39 is 0 Å². The SMILES string of the molecule is CCn1c2ccccc2c2c1c1ccccc1n2-c1ccc(-c2ccc(C)cc2C#N)cc1. The summed E-state index contributed by atoms with van der Waals surface area (Å²) < 4.78 is 4.80. The van der Waals surface area contributed by atoms with Crippen LogP contribution in [0.3, 0.4) is 0 Å². The van der Waals surface area contributed by atoms with E-state index in [9.17, 15) is 5.26 Å². The highest BCUT2D eigenvalue weighted by Gasteiger charge is 2.20. The lowest BCUT2D eigenvalue weighted by Gasteiger charge is -2.10. The predicted molar refractivity (Wildman–Crippen MR) is 137 cm³/mol. The number of benzene rings is 4. The molecule has 33 heavy (non-hydrogen) atoms. The van der Waals surface area contributed by atoms with Gasteiger partial charge in [-0.3, -0.25) is 0 Å². The highest BCUT2D eigenvalue weighted by atomic mass is 15.1. The topological polar surface area (TPSA) is 33.6 Å². The van der Waals surface area contributed by atoms with E-state index in [0.29, 0.717) is 5.56 Å². The normalized spacial score (nSPS) is 11.4. The molecule has 2 heterocycles. The lowest BCUT2D eigenvalue weighted by Crippen LogP contribution is -1.94. The molecule has 0 aliphatic rings. The van der Waals surface area contributed by atoms with E-state index in [0.717, 1.165) is 28.9 Å². The Bertz CT molecular complexity index is 1700. The predicted octanol–water partition coefficient (Wildman–Crippen LogP) is 7.61. The second-order valence-electron chi connectivity index (χ2n) is 8.52. The van der Waals surface area contributed by atoms with Gasteiger partial charge in [-0.15, -0.1) is 0 Å². The second-order valence-corrected chi connectivity index (χ2v) is 8.52. The summed E-state index contributed by atoms with van der Waals surface area (Å²) in [5, 5.41) is 12.1. The highest BCUT2D eigenvalue weighted by molar-refractivity contribution is 6.19. The minimum absolute atomic E-state index is 0.711. The van der Waals surface area contributed by atoms with Crippen LogP contribution in [0.15, 0.2) is 91.0 Å². The molecule has 0 N–H and O–H groups in total. The molecule has 0 fully saturated rings. The molecule has 0 radical (unpaired) electrons. The summed E-state index contributed by atoms with van der Waals surface area (Å²) in [6.45, 7) is 5.14. The van der Waals surface area contributed by atoms with Gasteiger partial charge in [-0.05, 0) is 60.9 Å². The van der Waals surface area contributed by atoms with Crippen LogP contribution in [0.1, 0.15) is 18.1 Å². The number of para-hydroxylation sites is 2. The zero-order chi connectivity index (χ0) is 22.5. The van der Waals surface area contributed by atoms with Crippen LogP contribution >= 0.6 is 0 Å². The van der Waals surface area contributed by atoms with Crippen molar-refractivity contribution in [1.82, 2.24) is 9.13 Å². The molecule has 3 nitrogen and oxygen atoms in total. The van der Waals surface area contributed by atoms with Crippen LogP contribution in [-0.2, 0) is 6.54 Å². The van der Waals surface area contributed by atoms with E-state index in [2.05, 4.69) is 101 Å². The van der Waals surface area contributed by atoms with Crippen molar-refractivity contribution in [2.45, 2.75) is 20.4 Å². The van der Waals surface area contributed by atoms with Crippen molar-refractivity contribution >= 4 is 32.8 Å². The van der Waals surface area contributed by atoms with Crippen molar-refractivity contribution in [2.75, 3.05) is 0 Å². The molecular formula is C30H23N3. The Morgan fingerprint density at radius 2 is 1.42 bits per heavy atom. The Hall–Kier alpha value is -4.29. The molecule has 0 aliphatic heterocycles. The Morgan fingerprint density at radius 3 is 2.12 bits per heavy atom. The fourth-order valence-corrected chi connectivity index (χ4v) is 5.16. The average molecular weight is 426 g/mol. The van der Waals surface area contributed by atoms with E-state index >= 15 is 0 Å². The first-order valence-corrected chi connectivity index (χ1v) is 11.3. The van der Waals surface area contributed by atoms with Gasteiger partial charge in [0.25, 0.3) is 0 Å². The van der Waals surface area contributed by atoms with Crippen molar-refractivity contribution < 1.29 is 0 Å². The van der Waals surface area contributed by atoms with Gasteiger partial charge in [0.2, 0.25) is 0 Å². The lowest BCUT2D eigenvalue weighted by atomic mass is 9.98. The van der Waals surface area contributed by atoms with Crippen molar-refractivity contribution in [3.63, 3.8) is 0 Å².